The Balaban J connectivity index is 1.73. The summed E-state index contributed by atoms with van der Waals surface area (Å²) >= 11 is 0. The Morgan fingerprint density at radius 3 is 2.36 bits per heavy atom. The fraction of sp³-hybridized carbons (Fsp3) is 0.385. The van der Waals surface area contributed by atoms with E-state index in [9.17, 15) is 0 Å². The van der Waals surface area contributed by atoms with Gasteiger partial charge in [-0.05, 0) is 61.1 Å². The zero-order valence-corrected chi connectivity index (χ0v) is 17.1. The predicted octanol–water partition coefficient (Wildman–Crippen LogP) is 6.84. The molecule has 0 heterocycles. The van der Waals surface area contributed by atoms with Gasteiger partial charge in [0.05, 0.1) is 11.9 Å². The van der Waals surface area contributed by atoms with Crippen LogP contribution in [-0.2, 0) is 6.42 Å². The van der Waals surface area contributed by atoms with Gasteiger partial charge in [0, 0.05) is 5.92 Å². The van der Waals surface area contributed by atoms with Crippen LogP contribution in [0.15, 0.2) is 77.5 Å². The number of rotatable bonds is 8. The maximum Gasteiger partial charge on any atom is 0.0733 e. The third-order valence-electron chi connectivity index (χ3n) is 5.87. The zero-order valence-electron chi connectivity index (χ0n) is 17.1. The van der Waals surface area contributed by atoms with Crippen molar-refractivity contribution < 1.29 is 0 Å². The molecule has 0 radical (unpaired) electrons. The summed E-state index contributed by atoms with van der Waals surface area (Å²) in [6.45, 7) is 6.10. The summed E-state index contributed by atoms with van der Waals surface area (Å²) in [5, 5.41) is 9.18. The Morgan fingerprint density at radius 2 is 1.71 bits per heavy atom. The first-order valence-corrected chi connectivity index (χ1v) is 10.7. The monoisotopic (exact) mass is 372 g/mol. The van der Waals surface area contributed by atoms with E-state index in [2.05, 4.69) is 73.2 Å². The van der Waals surface area contributed by atoms with Gasteiger partial charge in [-0.2, -0.15) is 10.2 Å². The second-order valence-corrected chi connectivity index (χ2v) is 7.79. The van der Waals surface area contributed by atoms with Crippen molar-refractivity contribution in [3.63, 3.8) is 0 Å². The van der Waals surface area contributed by atoms with Gasteiger partial charge in [-0.3, -0.25) is 0 Å². The summed E-state index contributed by atoms with van der Waals surface area (Å²) in [5.74, 6) is 1.40. The first-order valence-electron chi connectivity index (χ1n) is 10.7. The van der Waals surface area contributed by atoms with Gasteiger partial charge in [-0.25, -0.2) is 0 Å². The molecule has 0 aromatic heterocycles. The van der Waals surface area contributed by atoms with Crippen molar-refractivity contribution in [3.8, 4) is 0 Å². The van der Waals surface area contributed by atoms with Crippen LogP contribution in [0.3, 0.4) is 0 Å². The molecule has 0 saturated heterocycles. The standard InChI is InChI=1S/C26H32N2/c1-3-5-9-22-12-14-23(15-13-22)20-27-28-26(24-10-7-6-8-11-24)25-18-16-21(4-2)17-19-25/h3,6-8,10-15,20-21,25H,1,4-5,9,16-19H2,2H3. The van der Waals surface area contributed by atoms with E-state index < -0.39 is 0 Å². The number of hydrogen-bond acceptors (Lipinski definition) is 2. The van der Waals surface area contributed by atoms with Gasteiger partial charge in [0.15, 0.2) is 0 Å². The zero-order chi connectivity index (χ0) is 19.6. The molecular formula is C26H32N2. The quantitative estimate of drug-likeness (QED) is 0.275. The average Bonchev–Trinajstić information content (AvgIpc) is 2.77. The second kappa shape index (κ2) is 10.8. The Hall–Kier alpha value is -2.48. The maximum absolute atomic E-state index is 4.71. The molecule has 2 nitrogen and oxygen atoms in total. The summed E-state index contributed by atoms with van der Waals surface area (Å²) < 4.78 is 0. The number of benzene rings is 2. The molecular weight excluding hydrogens is 340 g/mol. The van der Waals surface area contributed by atoms with Crippen molar-refractivity contribution in [3.05, 3.63) is 83.9 Å². The highest BCUT2D eigenvalue weighted by atomic mass is 15.2. The highest BCUT2D eigenvalue weighted by molar-refractivity contribution is 6.02. The van der Waals surface area contributed by atoms with Crippen LogP contribution in [-0.4, -0.2) is 11.9 Å². The largest absolute Gasteiger partial charge is 0.158 e. The molecule has 146 valence electrons. The molecule has 0 unspecified atom stereocenters. The number of aryl methyl sites for hydroxylation is 1. The van der Waals surface area contributed by atoms with Gasteiger partial charge < -0.3 is 0 Å². The first-order chi connectivity index (χ1) is 13.8. The van der Waals surface area contributed by atoms with Crippen molar-refractivity contribution >= 4 is 11.9 Å². The van der Waals surface area contributed by atoms with E-state index in [1.165, 1.54) is 43.2 Å². The van der Waals surface area contributed by atoms with Crippen molar-refractivity contribution in [1.82, 2.24) is 0 Å². The fourth-order valence-electron chi connectivity index (χ4n) is 4.02. The summed E-state index contributed by atoms with van der Waals surface area (Å²) in [7, 11) is 0. The highest BCUT2D eigenvalue weighted by Gasteiger charge is 2.25. The SMILES string of the molecule is C=CCCc1ccc(C=NN=C(c2ccccc2)C2CCC(CC)CC2)cc1. The van der Waals surface area contributed by atoms with Crippen LogP contribution in [0.2, 0.25) is 0 Å². The smallest absolute Gasteiger partial charge is 0.0733 e. The minimum atomic E-state index is 0.517. The molecule has 0 aliphatic heterocycles. The lowest BCUT2D eigenvalue weighted by atomic mass is 9.77. The minimum Gasteiger partial charge on any atom is -0.158 e. The Morgan fingerprint density at radius 1 is 1.00 bits per heavy atom. The van der Waals surface area contributed by atoms with Gasteiger partial charge in [0.2, 0.25) is 0 Å². The molecule has 1 fully saturated rings. The molecule has 0 N–H and O–H groups in total. The van der Waals surface area contributed by atoms with Gasteiger partial charge in [0.1, 0.15) is 0 Å². The normalized spacial score (nSPS) is 20.4. The number of hydrogen-bond donors (Lipinski definition) is 0. The van der Waals surface area contributed by atoms with Crippen molar-refractivity contribution in [2.24, 2.45) is 22.0 Å². The fourth-order valence-corrected chi connectivity index (χ4v) is 4.02. The van der Waals surface area contributed by atoms with Gasteiger partial charge in [-0.1, -0.05) is 74.0 Å². The van der Waals surface area contributed by atoms with E-state index >= 15 is 0 Å². The molecule has 1 saturated carbocycles. The van der Waals surface area contributed by atoms with Crippen LogP contribution in [0.4, 0.5) is 0 Å². The average molecular weight is 373 g/mol. The van der Waals surface area contributed by atoms with Crippen molar-refractivity contribution in [1.29, 1.82) is 0 Å². The Kier molecular flexibility index (Phi) is 7.78. The van der Waals surface area contributed by atoms with E-state index in [-0.39, 0.29) is 0 Å². The summed E-state index contributed by atoms with van der Waals surface area (Å²) in [6.07, 6.45) is 12.2. The third kappa shape index (κ3) is 5.76. The topological polar surface area (TPSA) is 24.7 Å². The lowest BCUT2D eigenvalue weighted by Gasteiger charge is -2.28. The molecule has 0 spiro atoms. The molecule has 2 aromatic carbocycles. The van der Waals surface area contributed by atoms with Crippen LogP contribution in [0.25, 0.3) is 0 Å². The summed E-state index contributed by atoms with van der Waals surface area (Å²) in [5.41, 5.74) is 4.78. The van der Waals surface area contributed by atoms with E-state index in [1.54, 1.807) is 0 Å². The molecule has 1 aliphatic rings. The van der Waals surface area contributed by atoms with Gasteiger partial charge in [0.25, 0.3) is 0 Å². The molecule has 0 atom stereocenters. The molecule has 2 heteroatoms. The van der Waals surface area contributed by atoms with E-state index in [0.29, 0.717) is 5.92 Å². The maximum atomic E-state index is 4.71. The van der Waals surface area contributed by atoms with Gasteiger partial charge >= 0.3 is 0 Å². The Bertz CT molecular complexity index is 779. The van der Waals surface area contributed by atoms with Gasteiger partial charge in [-0.15, -0.1) is 6.58 Å². The minimum absolute atomic E-state index is 0.517. The predicted molar refractivity (Wildman–Crippen MR) is 121 cm³/mol. The van der Waals surface area contributed by atoms with Crippen LogP contribution in [0.1, 0.15) is 62.1 Å². The summed E-state index contributed by atoms with van der Waals surface area (Å²) in [6, 6.07) is 19.1. The number of allylic oxidation sites excluding steroid dienone is 1. The third-order valence-corrected chi connectivity index (χ3v) is 5.87. The van der Waals surface area contributed by atoms with Crippen LogP contribution in [0.5, 0.6) is 0 Å². The Labute approximate surface area is 170 Å². The van der Waals surface area contributed by atoms with Crippen LogP contribution < -0.4 is 0 Å². The molecule has 0 bridgehead atoms. The first kappa shape index (κ1) is 20.3. The molecule has 1 aliphatic carbocycles. The van der Waals surface area contributed by atoms with Crippen LogP contribution >= 0.6 is 0 Å². The second-order valence-electron chi connectivity index (χ2n) is 7.79. The van der Waals surface area contributed by atoms with Crippen molar-refractivity contribution in [2.75, 3.05) is 0 Å². The molecule has 2 aromatic rings. The molecule has 28 heavy (non-hydrogen) atoms. The summed E-state index contributed by atoms with van der Waals surface area (Å²) in [4.78, 5) is 0. The van der Waals surface area contributed by atoms with E-state index in [0.717, 1.165) is 30.0 Å². The lowest BCUT2D eigenvalue weighted by molar-refractivity contribution is 0.315. The lowest BCUT2D eigenvalue weighted by Crippen LogP contribution is -2.22. The van der Waals surface area contributed by atoms with E-state index in [4.69, 9.17) is 5.10 Å². The molecule has 3 rings (SSSR count). The van der Waals surface area contributed by atoms with Crippen molar-refractivity contribution in [2.45, 2.75) is 51.9 Å². The van der Waals surface area contributed by atoms with E-state index in [1.807, 2.05) is 12.3 Å². The molecule has 0 amide bonds. The van der Waals surface area contributed by atoms with Crippen LogP contribution in [0, 0.1) is 11.8 Å². The number of nitrogens with zero attached hydrogens (tertiary/aromatic N) is 2. The highest BCUT2D eigenvalue weighted by Crippen LogP contribution is 2.33.